The van der Waals surface area contributed by atoms with Gasteiger partial charge in [-0.1, -0.05) is 44.2 Å². The standard InChI is InChI=1S/C19H20N2O4S2/c1-15(2)16-8-10-17(11-9-16)20-26(22,23)19-12-13-21(14-19)27(24,25)18-6-4-3-5-7-18/h3-15,20H,1-2H3. The second-order valence-electron chi connectivity index (χ2n) is 6.38. The summed E-state index contributed by atoms with van der Waals surface area (Å²) in [5, 5.41) is 0. The number of aromatic nitrogens is 1. The minimum absolute atomic E-state index is 0.0850. The molecule has 0 unspecified atom stereocenters. The van der Waals surface area contributed by atoms with Crippen LogP contribution in [0.2, 0.25) is 0 Å². The fraction of sp³-hybridized carbons (Fsp3) is 0.158. The monoisotopic (exact) mass is 404 g/mol. The molecule has 0 amide bonds. The third-order valence-corrected chi connectivity index (χ3v) is 7.12. The molecular weight excluding hydrogens is 384 g/mol. The molecule has 0 bridgehead atoms. The Morgan fingerprint density at radius 1 is 0.815 bits per heavy atom. The summed E-state index contributed by atoms with van der Waals surface area (Å²) in [5.41, 5.74) is 1.51. The fourth-order valence-corrected chi connectivity index (χ4v) is 4.87. The van der Waals surface area contributed by atoms with Crippen molar-refractivity contribution < 1.29 is 16.8 Å². The molecule has 8 heteroatoms. The summed E-state index contributed by atoms with van der Waals surface area (Å²) in [4.78, 5) is -0.0447. The summed E-state index contributed by atoms with van der Waals surface area (Å²) in [6, 6.07) is 16.2. The first-order valence-corrected chi connectivity index (χ1v) is 11.2. The van der Waals surface area contributed by atoms with Crippen LogP contribution in [0.15, 0.2) is 82.8 Å². The van der Waals surface area contributed by atoms with Gasteiger partial charge in [-0.15, -0.1) is 0 Å². The zero-order chi connectivity index (χ0) is 19.7. The average molecular weight is 405 g/mol. The van der Waals surface area contributed by atoms with E-state index in [-0.39, 0.29) is 9.79 Å². The van der Waals surface area contributed by atoms with E-state index in [1.54, 1.807) is 30.3 Å². The van der Waals surface area contributed by atoms with Gasteiger partial charge < -0.3 is 0 Å². The highest BCUT2D eigenvalue weighted by atomic mass is 32.2. The van der Waals surface area contributed by atoms with Crippen LogP contribution in [-0.2, 0) is 20.0 Å². The number of nitrogens with one attached hydrogen (secondary N) is 1. The van der Waals surface area contributed by atoms with Crippen molar-refractivity contribution in [3.05, 3.63) is 78.6 Å². The van der Waals surface area contributed by atoms with Gasteiger partial charge in [0.25, 0.3) is 20.0 Å². The Labute approximate surface area is 159 Å². The third-order valence-electron chi connectivity index (χ3n) is 4.10. The van der Waals surface area contributed by atoms with E-state index >= 15 is 0 Å². The van der Waals surface area contributed by atoms with Crippen LogP contribution in [0.1, 0.15) is 25.3 Å². The summed E-state index contributed by atoms with van der Waals surface area (Å²) >= 11 is 0. The van der Waals surface area contributed by atoms with Crippen molar-refractivity contribution in [3.8, 4) is 0 Å². The van der Waals surface area contributed by atoms with Crippen LogP contribution in [0.3, 0.4) is 0 Å². The lowest BCUT2D eigenvalue weighted by atomic mass is 10.0. The Kier molecular flexibility index (Phi) is 5.12. The molecule has 0 spiro atoms. The van der Waals surface area contributed by atoms with Gasteiger partial charge in [0.2, 0.25) is 0 Å². The maximum Gasteiger partial charge on any atom is 0.267 e. The Balaban J connectivity index is 1.86. The highest BCUT2D eigenvalue weighted by molar-refractivity contribution is 7.93. The molecule has 0 fully saturated rings. The molecule has 3 aromatic rings. The molecule has 0 atom stereocenters. The summed E-state index contributed by atoms with van der Waals surface area (Å²) in [5.74, 6) is 0.341. The summed E-state index contributed by atoms with van der Waals surface area (Å²) < 4.78 is 53.7. The summed E-state index contributed by atoms with van der Waals surface area (Å²) in [6.45, 7) is 4.10. The van der Waals surface area contributed by atoms with Crippen molar-refractivity contribution >= 4 is 25.7 Å². The largest absolute Gasteiger partial charge is 0.280 e. The highest BCUT2D eigenvalue weighted by Crippen LogP contribution is 2.22. The van der Waals surface area contributed by atoms with Gasteiger partial charge in [0.05, 0.1) is 4.90 Å². The molecule has 3 rings (SSSR count). The minimum atomic E-state index is -3.90. The second-order valence-corrected chi connectivity index (χ2v) is 9.90. The molecule has 0 saturated carbocycles. The number of sulfonamides is 1. The number of hydrogen-bond donors (Lipinski definition) is 1. The number of anilines is 1. The predicted molar refractivity (Wildman–Crippen MR) is 105 cm³/mol. The first-order valence-electron chi connectivity index (χ1n) is 8.31. The van der Waals surface area contributed by atoms with Crippen molar-refractivity contribution in [2.75, 3.05) is 4.72 Å². The van der Waals surface area contributed by atoms with Gasteiger partial charge in [0.1, 0.15) is 4.90 Å². The topological polar surface area (TPSA) is 85.2 Å². The van der Waals surface area contributed by atoms with Crippen molar-refractivity contribution in [2.24, 2.45) is 0 Å². The number of nitrogens with zero attached hydrogens (tertiary/aromatic N) is 1. The molecule has 1 aromatic heterocycles. The van der Waals surface area contributed by atoms with Crippen LogP contribution in [0.4, 0.5) is 5.69 Å². The van der Waals surface area contributed by atoms with Gasteiger partial charge in [0, 0.05) is 18.1 Å². The number of hydrogen-bond acceptors (Lipinski definition) is 4. The van der Waals surface area contributed by atoms with Crippen LogP contribution in [-0.4, -0.2) is 20.8 Å². The van der Waals surface area contributed by atoms with Crippen LogP contribution in [0, 0.1) is 0 Å². The Morgan fingerprint density at radius 2 is 1.44 bits per heavy atom. The van der Waals surface area contributed by atoms with Crippen molar-refractivity contribution in [1.29, 1.82) is 0 Å². The van der Waals surface area contributed by atoms with Crippen molar-refractivity contribution in [3.63, 3.8) is 0 Å². The van der Waals surface area contributed by atoms with E-state index in [9.17, 15) is 16.8 Å². The van der Waals surface area contributed by atoms with Gasteiger partial charge in [-0.25, -0.2) is 20.8 Å². The Morgan fingerprint density at radius 3 is 2.04 bits per heavy atom. The molecule has 1 N–H and O–H groups in total. The minimum Gasteiger partial charge on any atom is -0.280 e. The van der Waals surface area contributed by atoms with Gasteiger partial charge in [-0.3, -0.25) is 4.72 Å². The fourth-order valence-electron chi connectivity index (χ4n) is 2.53. The quantitative estimate of drug-likeness (QED) is 0.680. The van der Waals surface area contributed by atoms with Gasteiger partial charge >= 0.3 is 0 Å². The second kappa shape index (κ2) is 7.21. The molecule has 0 radical (unpaired) electrons. The maximum absolute atomic E-state index is 12.6. The lowest BCUT2D eigenvalue weighted by Crippen LogP contribution is -2.14. The molecule has 0 aliphatic rings. The van der Waals surface area contributed by atoms with E-state index in [1.807, 2.05) is 12.1 Å². The molecule has 0 aliphatic carbocycles. The van der Waals surface area contributed by atoms with Crippen LogP contribution in [0.5, 0.6) is 0 Å². The molecule has 0 saturated heterocycles. The van der Waals surface area contributed by atoms with Crippen LogP contribution in [0.25, 0.3) is 0 Å². The zero-order valence-corrected chi connectivity index (χ0v) is 16.5. The number of rotatable bonds is 6. The van der Waals surface area contributed by atoms with E-state index < -0.39 is 20.0 Å². The Hall–Kier alpha value is -2.58. The summed E-state index contributed by atoms with van der Waals surface area (Å²) in [7, 11) is -7.75. The van der Waals surface area contributed by atoms with Gasteiger partial charge in [-0.05, 0) is 41.8 Å². The zero-order valence-electron chi connectivity index (χ0n) is 14.9. The smallest absolute Gasteiger partial charge is 0.267 e. The van der Waals surface area contributed by atoms with Crippen LogP contribution >= 0.6 is 0 Å². The molecule has 1 heterocycles. The molecule has 27 heavy (non-hydrogen) atoms. The highest BCUT2D eigenvalue weighted by Gasteiger charge is 2.21. The molecule has 2 aromatic carbocycles. The van der Waals surface area contributed by atoms with E-state index in [0.29, 0.717) is 11.6 Å². The van der Waals surface area contributed by atoms with Gasteiger partial charge in [0.15, 0.2) is 0 Å². The molecular formula is C19H20N2O4S2. The molecule has 142 valence electrons. The predicted octanol–water partition coefficient (Wildman–Crippen LogP) is 3.65. The Bertz CT molecular complexity index is 1130. The normalized spacial score (nSPS) is 12.3. The lowest BCUT2D eigenvalue weighted by molar-refractivity contribution is 0.587. The van der Waals surface area contributed by atoms with Gasteiger partial charge in [-0.2, -0.15) is 0 Å². The SMILES string of the molecule is CC(C)c1ccc(NS(=O)(=O)c2ccn(S(=O)(=O)c3ccccc3)c2)cc1. The van der Waals surface area contributed by atoms with E-state index in [2.05, 4.69) is 18.6 Å². The average Bonchev–Trinajstić information content (AvgIpc) is 3.14. The van der Waals surface area contributed by atoms with E-state index in [4.69, 9.17) is 0 Å². The van der Waals surface area contributed by atoms with Crippen molar-refractivity contribution in [1.82, 2.24) is 3.97 Å². The summed E-state index contributed by atoms with van der Waals surface area (Å²) in [6.07, 6.45) is 2.31. The first-order chi connectivity index (χ1) is 12.7. The third kappa shape index (κ3) is 4.06. The molecule has 6 nitrogen and oxygen atoms in total. The van der Waals surface area contributed by atoms with Crippen molar-refractivity contribution in [2.45, 2.75) is 29.6 Å². The van der Waals surface area contributed by atoms with E-state index in [0.717, 1.165) is 15.7 Å². The maximum atomic E-state index is 12.6. The lowest BCUT2D eigenvalue weighted by Gasteiger charge is -2.09. The van der Waals surface area contributed by atoms with Crippen LogP contribution < -0.4 is 4.72 Å². The number of benzene rings is 2. The van der Waals surface area contributed by atoms with E-state index in [1.165, 1.54) is 24.4 Å². The first kappa shape index (κ1) is 19.2. The molecule has 0 aliphatic heterocycles.